The van der Waals surface area contributed by atoms with E-state index in [9.17, 15) is 9.18 Å². The first-order chi connectivity index (χ1) is 8.65. The maximum atomic E-state index is 13.6. The first-order valence-electron chi connectivity index (χ1n) is 4.90. The summed E-state index contributed by atoms with van der Waals surface area (Å²) < 4.78 is 13.6. The van der Waals surface area contributed by atoms with E-state index < -0.39 is 5.82 Å². The van der Waals surface area contributed by atoms with Crippen molar-refractivity contribution >= 4 is 17.3 Å². The Kier molecular flexibility index (Phi) is 2.90. The van der Waals surface area contributed by atoms with Crippen molar-refractivity contribution in [3.63, 3.8) is 0 Å². The summed E-state index contributed by atoms with van der Waals surface area (Å²) in [5.74, 6) is -0.906. The number of nitriles is 2. The van der Waals surface area contributed by atoms with Crippen LogP contribution in [0, 0.1) is 28.5 Å². The molecule has 0 radical (unpaired) electrons. The van der Waals surface area contributed by atoms with Crippen LogP contribution in [0.2, 0.25) is 0 Å². The zero-order valence-electron chi connectivity index (χ0n) is 8.99. The van der Waals surface area contributed by atoms with Crippen LogP contribution in [0.5, 0.6) is 0 Å². The zero-order chi connectivity index (χ0) is 13.1. The third-order valence-electron chi connectivity index (χ3n) is 2.37. The normalized spacial score (nSPS) is 11.8. The van der Waals surface area contributed by atoms with Crippen LogP contribution in [0.4, 0.5) is 10.1 Å². The highest BCUT2D eigenvalue weighted by atomic mass is 19.1. The summed E-state index contributed by atoms with van der Waals surface area (Å²) in [5, 5.41) is 22.9. The lowest BCUT2D eigenvalue weighted by molar-refractivity contribution is 0.0966. The summed E-state index contributed by atoms with van der Waals surface area (Å²) in [5.41, 5.74) is 2.70. The lowest BCUT2D eigenvalue weighted by Crippen LogP contribution is -2.12. The van der Waals surface area contributed by atoms with Crippen molar-refractivity contribution in [1.82, 2.24) is 5.32 Å². The molecule has 1 heterocycles. The Bertz CT molecular complexity index is 622. The van der Waals surface area contributed by atoms with Crippen molar-refractivity contribution in [2.75, 3.05) is 5.43 Å². The molecule has 0 atom stereocenters. The number of carbonyl (C=O) groups is 1. The molecule has 0 unspecified atom stereocenters. The number of fused-ring (bicyclic) bond motifs is 1. The van der Waals surface area contributed by atoms with Gasteiger partial charge in [0.25, 0.3) is 5.91 Å². The number of rotatable bonds is 2. The fraction of sp³-hybridized carbons (Fsp3) is 0.0909. The summed E-state index contributed by atoms with van der Waals surface area (Å²) >= 11 is 0. The van der Waals surface area contributed by atoms with Gasteiger partial charge in [-0.2, -0.15) is 15.6 Å². The van der Waals surface area contributed by atoms with Crippen LogP contribution in [0.3, 0.4) is 0 Å². The average Bonchev–Trinajstić information content (AvgIpc) is 2.73. The number of halogens is 1. The van der Waals surface area contributed by atoms with E-state index in [0.29, 0.717) is 5.56 Å². The quantitative estimate of drug-likeness (QED) is 0.594. The van der Waals surface area contributed by atoms with E-state index >= 15 is 0 Å². The Morgan fingerprint density at radius 2 is 2.17 bits per heavy atom. The van der Waals surface area contributed by atoms with Crippen molar-refractivity contribution in [1.29, 1.82) is 10.5 Å². The number of nitrogens with one attached hydrogen (secondary N) is 2. The Hall–Kier alpha value is -2.93. The number of nitrogens with zero attached hydrogens (tertiary/aromatic N) is 3. The predicted molar refractivity (Wildman–Crippen MR) is 59.9 cm³/mol. The highest BCUT2D eigenvalue weighted by Crippen LogP contribution is 2.23. The molecule has 0 spiro atoms. The van der Waals surface area contributed by atoms with Crippen LogP contribution in [0.1, 0.15) is 15.9 Å². The fourth-order valence-corrected chi connectivity index (χ4v) is 1.54. The van der Waals surface area contributed by atoms with Gasteiger partial charge >= 0.3 is 0 Å². The van der Waals surface area contributed by atoms with E-state index in [1.54, 1.807) is 12.1 Å². The van der Waals surface area contributed by atoms with Gasteiger partial charge in [-0.3, -0.25) is 10.2 Å². The minimum Gasteiger partial charge on any atom is -0.348 e. The zero-order valence-corrected chi connectivity index (χ0v) is 8.99. The first-order valence-corrected chi connectivity index (χ1v) is 4.90. The molecule has 0 saturated heterocycles. The SMILES string of the molecule is N#CC(C#N)=NNc1cc(F)c2c(c1)C(=O)NC2. The molecule has 0 aromatic heterocycles. The maximum absolute atomic E-state index is 13.6. The van der Waals surface area contributed by atoms with Crippen LogP contribution in [-0.4, -0.2) is 11.6 Å². The smallest absolute Gasteiger partial charge is 0.252 e. The van der Waals surface area contributed by atoms with Gasteiger partial charge in [0.15, 0.2) is 0 Å². The Morgan fingerprint density at radius 3 is 2.83 bits per heavy atom. The van der Waals surface area contributed by atoms with Crippen molar-refractivity contribution in [3.05, 3.63) is 29.1 Å². The summed E-state index contributed by atoms with van der Waals surface area (Å²) in [6.07, 6.45) is 0. The van der Waals surface area contributed by atoms with Gasteiger partial charge in [0, 0.05) is 17.7 Å². The highest BCUT2D eigenvalue weighted by molar-refractivity contribution is 6.10. The number of hydrazone groups is 1. The second kappa shape index (κ2) is 4.52. The molecule has 0 bridgehead atoms. The van der Waals surface area contributed by atoms with E-state index in [2.05, 4.69) is 15.8 Å². The third kappa shape index (κ3) is 1.97. The number of anilines is 1. The van der Waals surface area contributed by atoms with E-state index in [4.69, 9.17) is 10.5 Å². The summed E-state index contributed by atoms with van der Waals surface area (Å²) in [4.78, 5) is 11.4. The summed E-state index contributed by atoms with van der Waals surface area (Å²) in [6, 6.07) is 5.66. The highest BCUT2D eigenvalue weighted by Gasteiger charge is 2.22. The minimum atomic E-state index is -0.543. The molecule has 1 aliphatic heterocycles. The van der Waals surface area contributed by atoms with Crippen molar-refractivity contribution < 1.29 is 9.18 Å². The fourth-order valence-electron chi connectivity index (χ4n) is 1.54. The molecule has 7 heteroatoms. The molecule has 2 rings (SSSR count). The second-order valence-electron chi connectivity index (χ2n) is 3.46. The molecule has 0 saturated carbocycles. The Morgan fingerprint density at radius 1 is 1.44 bits per heavy atom. The van der Waals surface area contributed by atoms with Gasteiger partial charge < -0.3 is 5.32 Å². The average molecular weight is 243 g/mol. The van der Waals surface area contributed by atoms with Crippen LogP contribution in [0.15, 0.2) is 17.2 Å². The molecule has 88 valence electrons. The minimum absolute atomic E-state index is 0.158. The van der Waals surface area contributed by atoms with Gasteiger partial charge in [0.2, 0.25) is 5.71 Å². The van der Waals surface area contributed by atoms with E-state index in [1.165, 1.54) is 6.07 Å². The lowest BCUT2D eigenvalue weighted by Gasteiger charge is -2.03. The molecule has 0 aliphatic carbocycles. The molecule has 1 aliphatic rings. The number of carbonyl (C=O) groups excluding carboxylic acids is 1. The maximum Gasteiger partial charge on any atom is 0.252 e. The standard InChI is InChI=1S/C11H6FN5O/c12-10-2-6(16-17-7(3-13)4-14)1-8-9(10)5-15-11(8)18/h1-2,16H,5H2,(H,15,18). The second-order valence-corrected chi connectivity index (χ2v) is 3.46. The summed E-state index contributed by atoms with van der Waals surface area (Å²) in [7, 11) is 0. The van der Waals surface area contributed by atoms with Crippen LogP contribution in [0.25, 0.3) is 0 Å². The molecule has 2 N–H and O–H groups in total. The number of amides is 1. The van der Waals surface area contributed by atoms with Gasteiger partial charge in [-0.15, -0.1) is 0 Å². The first kappa shape index (κ1) is 11.6. The van der Waals surface area contributed by atoms with Crippen LogP contribution in [-0.2, 0) is 6.54 Å². The molecule has 1 amide bonds. The van der Waals surface area contributed by atoms with Gasteiger partial charge in [0.1, 0.15) is 18.0 Å². The van der Waals surface area contributed by atoms with Crippen molar-refractivity contribution in [2.24, 2.45) is 5.10 Å². The van der Waals surface area contributed by atoms with E-state index in [1.807, 2.05) is 0 Å². The van der Waals surface area contributed by atoms with Crippen molar-refractivity contribution in [2.45, 2.75) is 6.54 Å². The van der Waals surface area contributed by atoms with Crippen LogP contribution < -0.4 is 10.7 Å². The molecule has 1 aromatic rings. The molecule has 18 heavy (non-hydrogen) atoms. The summed E-state index contributed by atoms with van der Waals surface area (Å²) in [6.45, 7) is 0.158. The number of benzene rings is 1. The molecular weight excluding hydrogens is 237 g/mol. The van der Waals surface area contributed by atoms with Gasteiger partial charge in [-0.25, -0.2) is 4.39 Å². The van der Waals surface area contributed by atoms with Crippen LogP contribution >= 0.6 is 0 Å². The van der Waals surface area contributed by atoms with E-state index in [0.717, 1.165) is 6.07 Å². The number of hydrogen-bond acceptors (Lipinski definition) is 5. The van der Waals surface area contributed by atoms with E-state index in [-0.39, 0.29) is 29.4 Å². The molecule has 1 aromatic carbocycles. The lowest BCUT2D eigenvalue weighted by atomic mass is 10.1. The molecule has 0 fully saturated rings. The predicted octanol–water partition coefficient (Wildman–Crippen LogP) is 0.884. The van der Waals surface area contributed by atoms with Gasteiger partial charge in [-0.1, -0.05) is 0 Å². The molecule has 6 nitrogen and oxygen atoms in total. The Labute approximate surface area is 101 Å². The topological polar surface area (TPSA) is 101 Å². The molecular formula is C11H6FN5O. The Balaban J connectivity index is 2.33. The number of hydrogen-bond donors (Lipinski definition) is 2. The van der Waals surface area contributed by atoms with Gasteiger partial charge in [0.05, 0.1) is 5.69 Å². The largest absolute Gasteiger partial charge is 0.348 e. The van der Waals surface area contributed by atoms with Gasteiger partial charge in [-0.05, 0) is 12.1 Å². The third-order valence-corrected chi connectivity index (χ3v) is 2.37. The van der Waals surface area contributed by atoms with Crippen molar-refractivity contribution in [3.8, 4) is 12.1 Å². The monoisotopic (exact) mass is 243 g/mol.